The highest BCUT2D eigenvalue weighted by atomic mass is 19.3. The van der Waals surface area contributed by atoms with Gasteiger partial charge in [-0.3, -0.25) is 0 Å². The highest BCUT2D eigenvalue weighted by molar-refractivity contribution is 5.76. The van der Waals surface area contributed by atoms with Gasteiger partial charge in [-0.25, -0.2) is 14.6 Å². The van der Waals surface area contributed by atoms with E-state index in [1.54, 1.807) is 0 Å². The second kappa shape index (κ2) is 6.46. The van der Waals surface area contributed by atoms with Crippen molar-refractivity contribution in [1.82, 2.24) is 4.90 Å². The molecule has 110 valence electrons. The minimum absolute atomic E-state index is 0.0998. The van der Waals surface area contributed by atoms with Crippen molar-refractivity contribution in [3.8, 4) is 11.8 Å². The van der Waals surface area contributed by atoms with Crippen LogP contribution in [0.2, 0.25) is 0 Å². The highest BCUT2D eigenvalue weighted by Crippen LogP contribution is 2.25. The second-order valence-electron chi connectivity index (χ2n) is 4.45. The molecule has 1 aliphatic heterocycles. The quantitative estimate of drug-likeness (QED) is 0.620. The average Bonchev–Trinajstić information content (AvgIpc) is 2.53. The molecule has 0 spiro atoms. The summed E-state index contributed by atoms with van der Waals surface area (Å²) in [6.07, 6.45) is 1.76. The lowest BCUT2D eigenvalue weighted by atomic mass is 10.1. The van der Waals surface area contributed by atoms with E-state index in [1.807, 2.05) is 30.3 Å². The molecule has 0 N–H and O–H groups in total. The third kappa shape index (κ3) is 3.64. The van der Waals surface area contributed by atoms with E-state index < -0.39 is 12.0 Å². The number of carbonyl (C=O) groups is 1. The van der Waals surface area contributed by atoms with Crippen LogP contribution in [0.4, 0.5) is 13.3 Å². The maximum atomic E-state index is 13.4. The molecule has 0 radical (unpaired) electrons. The van der Waals surface area contributed by atoms with Gasteiger partial charge in [0.25, 0.3) is 0 Å². The molecule has 0 saturated carbocycles. The van der Waals surface area contributed by atoms with E-state index >= 15 is 0 Å². The molecule has 3 nitrogen and oxygen atoms in total. The molecule has 1 aromatic rings. The number of benzene rings is 1. The Labute approximate surface area is 119 Å². The van der Waals surface area contributed by atoms with Crippen LogP contribution in [0.3, 0.4) is 0 Å². The standard InChI is InChI=1S/C15H12F3NO2/c16-15(17,14(20)21-18)19-10-8-13(9-11-19)7-6-12-4-2-1-3-5-12/h1-5,8H,9-11H2. The predicted molar refractivity (Wildman–Crippen MR) is 69.7 cm³/mol. The summed E-state index contributed by atoms with van der Waals surface area (Å²) in [5.41, 5.74) is 1.53. The Morgan fingerprint density at radius 1 is 1.24 bits per heavy atom. The van der Waals surface area contributed by atoms with Crippen molar-refractivity contribution in [2.45, 2.75) is 12.5 Å². The van der Waals surface area contributed by atoms with Crippen LogP contribution in [0.1, 0.15) is 12.0 Å². The molecule has 0 fully saturated rings. The van der Waals surface area contributed by atoms with Gasteiger partial charge in [0.05, 0.1) is 0 Å². The number of alkyl halides is 2. The highest BCUT2D eigenvalue weighted by Gasteiger charge is 2.48. The van der Waals surface area contributed by atoms with Gasteiger partial charge in [0.1, 0.15) is 0 Å². The van der Waals surface area contributed by atoms with Gasteiger partial charge in [-0.05, 0) is 18.6 Å². The number of halogens is 3. The maximum absolute atomic E-state index is 13.4. The molecule has 2 rings (SSSR count). The van der Waals surface area contributed by atoms with Crippen molar-refractivity contribution in [3.63, 3.8) is 0 Å². The zero-order chi connectivity index (χ0) is 15.3. The van der Waals surface area contributed by atoms with Crippen molar-refractivity contribution in [1.29, 1.82) is 0 Å². The Bertz CT molecular complexity index is 602. The van der Waals surface area contributed by atoms with Crippen LogP contribution in [0.15, 0.2) is 42.0 Å². The summed E-state index contributed by atoms with van der Waals surface area (Å²) in [5, 5.41) is 0. The van der Waals surface area contributed by atoms with Crippen LogP contribution in [0.25, 0.3) is 0 Å². The zero-order valence-electron chi connectivity index (χ0n) is 11.0. The summed E-state index contributed by atoms with van der Waals surface area (Å²) in [5.74, 6) is 3.63. The Morgan fingerprint density at radius 2 is 1.95 bits per heavy atom. The van der Waals surface area contributed by atoms with Crippen molar-refractivity contribution >= 4 is 5.97 Å². The first-order chi connectivity index (χ1) is 10.0. The SMILES string of the molecule is O=C(OF)C(F)(F)N1CC=C(C#Cc2ccccc2)CC1. The third-order valence-corrected chi connectivity index (χ3v) is 3.06. The molecule has 0 aromatic heterocycles. The Morgan fingerprint density at radius 3 is 2.52 bits per heavy atom. The number of hydrogen-bond acceptors (Lipinski definition) is 3. The molecular formula is C15H12F3NO2. The van der Waals surface area contributed by atoms with E-state index in [-0.39, 0.29) is 19.5 Å². The molecule has 6 heteroatoms. The number of rotatable bonds is 2. The van der Waals surface area contributed by atoms with Crippen LogP contribution in [0, 0.1) is 11.8 Å². The van der Waals surface area contributed by atoms with E-state index in [0.717, 1.165) is 5.56 Å². The minimum Gasteiger partial charge on any atom is -0.246 e. The Hall–Kier alpha value is -2.26. The Kier molecular flexibility index (Phi) is 4.66. The number of hydrogen-bond donors (Lipinski definition) is 0. The normalized spacial score (nSPS) is 15.7. The first-order valence-corrected chi connectivity index (χ1v) is 6.26. The van der Waals surface area contributed by atoms with E-state index in [0.29, 0.717) is 10.5 Å². The molecule has 1 heterocycles. The summed E-state index contributed by atoms with van der Waals surface area (Å²) in [7, 11) is 0. The van der Waals surface area contributed by atoms with Crippen LogP contribution in [-0.2, 0) is 9.74 Å². The molecule has 0 amide bonds. The molecule has 1 aliphatic rings. The third-order valence-electron chi connectivity index (χ3n) is 3.06. The summed E-state index contributed by atoms with van der Waals surface area (Å²) in [4.78, 5) is 13.9. The zero-order valence-corrected chi connectivity index (χ0v) is 11.0. The van der Waals surface area contributed by atoms with Gasteiger partial charge in [0, 0.05) is 28.8 Å². The topological polar surface area (TPSA) is 29.5 Å². The molecule has 0 saturated heterocycles. The predicted octanol–water partition coefficient (Wildman–Crippen LogP) is 2.69. The molecule has 0 atom stereocenters. The fourth-order valence-corrected chi connectivity index (χ4v) is 1.89. The molecule has 0 aliphatic carbocycles. The fraction of sp³-hybridized carbons (Fsp3) is 0.267. The van der Waals surface area contributed by atoms with Gasteiger partial charge in [0.15, 0.2) is 0 Å². The van der Waals surface area contributed by atoms with E-state index in [4.69, 9.17) is 0 Å². The average molecular weight is 295 g/mol. The van der Waals surface area contributed by atoms with Crippen LogP contribution >= 0.6 is 0 Å². The Balaban J connectivity index is 2.03. The summed E-state index contributed by atoms with van der Waals surface area (Å²) < 4.78 is 38.5. The lowest BCUT2D eigenvalue weighted by Gasteiger charge is -2.29. The van der Waals surface area contributed by atoms with Gasteiger partial charge in [0.2, 0.25) is 0 Å². The largest absolute Gasteiger partial charge is 0.434 e. The van der Waals surface area contributed by atoms with Crippen molar-refractivity contribution in [2.24, 2.45) is 0 Å². The van der Waals surface area contributed by atoms with E-state index in [1.165, 1.54) is 6.08 Å². The van der Waals surface area contributed by atoms with E-state index in [9.17, 15) is 18.1 Å². The molecule has 0 bridgehead atoms. The fourth-order valence-electron chi connectivity index (χ4n) is 1.89. The van der Waals surface area contributed by atoms with Crippen LogP contribution in [0.5, 0.6) is 0 Å². The van der Waals surface area contributed by atoms with Gasteiger partial charge < -0.3 is 0 Å². The first kappa shape index (κ1) is 15.1. The second-order valence-corrected chi connectivity index (χ2v) is 4.45. The smallest absolute Gasteiger partial charge is 0.246 e. The van der Waals surface area contributed by atoms with Crippen LogP contribution < -0.4 is 0 Å². The molecule has 1 aromatic carbocycles. The van der Waals surface area contributed by atoms with Gasteiger partial charge in [-0.15, -0.1) is 0 Å². The number of nitrogens with zero attached hydrogens (tertiary/aromatic N) is 1. The first-order valence-electron chi connectivity index (χ1n) is 6.26. The maximum Gasteiger partial charge on any atom is 0.434 e. The van der Waals surface area contributed by atoms with Gasteiger partial charge >= 0.3 is 12.0 Å². The van der Waals surface area contributed by atoms with Gasteiger partial charge in [-0.1, -0.05) is 36.1 Å². The van der Waals surface area contributed by atoms with Crippen molar-refractivity contribution < 1.29 is 23.0 Å². The number of carbonyl (C=O) groups excluding carboxylic acids is 1. The monoisotopic (exact) mass is 295 g/mol. The minimum atomic E-state index is -3.97. The summed E-state index contributed by atoms with van der Waals surface area (Å²) in [6, 6.07) is 5.29. The van der Waals surface area contributed by atoms with E-state index in [2.05, 4.69) is 16.8 Å². The van der Waals surface area contributed by atoms with Crippen LogP contribution in [-0.4, -0.2) is 30.0 Å². The lowest BCUT2D eigenvalue weighted by Crippen LogP contribution is -2.49. The molecule has 0 unspecified atom stereocenters. The lowest BCUT2D eigenvalue weighted by molar-refractivity contribution is -0.236. The van der Waals surface area contributed by atoms with Crippen molar-refractivity contribution in [3.05, 3.63) is 47.5 Å². The van der Waals surface area contributed by atoms with Crippen molar-refractivity contribution in [2.75, 3.05) is 13.1 Å². The summed E-state index contributed by atoms with van der Waals surface area (Å²) in [6.45, 7) is -0.293. The summed E-state index contributed by atoms with van der Waals surface area (Å²) >= 11 is 0. The molecule has 21 heavy (non-hydrogen) atoms. The van der Waals surface area contributed by atoms with Gasteiger partial charge in [-0.2, -0.15) is 8.78 Å². The molecular weight excluding hydrogens is 283 g/mol.